The van der Waals surface area contributed by atoms with E-state index in [0.29, 0.717) is 6.42 Å². The van der Waals surface area contributed by atoms with Gasteiger partial charge in [0.2, 0.25) is 5.91 Å². The molecule has 1 aliphatic heterocycles. The maximum Gasteiger partial charge on any atom is 0.494 e. The Bertz CT molecular complexity index is 495. The molecule has 2 N–H and O–H groups in total. The van der Waals surface area contributed by atoms with Crippen molar-refractivity contribution in [3.63, 3.8) is 0 Å². The van der Waals surface area contributed by atoms with E-state index in [1.54, 1.807) is 0 Å². The van der Waals surface area contributed by atoms with Gasteiger partial charge in [-0.15, -0.1) is 0 Å². The first-order chi connectivity index (χ1) is 9.71. The first-order valence-electron chi connectivity index (χ1n) is 7.44. The molecule has 1 aliphatic rings. The second-order valence-corrected chi connectivity index (χ2v) is 6.65. The van der Waals surface area contributed by atoms with E-state index in [0.717, 1.165) is 18.3 Å². The maximum atomic E-state index is 10.7. The highest BCUT2D eigenvalue weighted by Gasteiger charge is 2.51. The second kappa shape index (κ2) is 5.81. The van der Waals surface area contributed by atoms with Gasteiger partial charge in [-0.2, -0.15) is 0 Å². The van der Waals surface area contributed by atoms with Crippen molar-refractivity contribution in [2.45, 2.75) is 58.2 Å². The SMILES string of the molecule is CC1(C)OB(c2ccc(CCCC(N)=O)cc2)OC1(C)C. The van der Waals surface area contributed by atoms with Gasteiger partial charge in [-0.05, 0) is 51.6 Å². The lowest BCUT2D eigenvalue weighted by Gasteiger charge is -2.32. The van der Waals surface area contributed by atoms with Gasteiger partial charge in [-0.25, -0.2) is 0 Å². The Morgan fingerprint density at radius 2 is 1.62 bits per heavy atom. The van der Waals surface area contributed by atoms with E-state index in [2.05, 4.69) is 12.1 Å². The molecule has 4 nitrogen and oxygen atoms in total. The highest BCUT2D eigenvalue weighted by Crippen LogP contribution is 2.36. The molecule has 2 rings (SSSR count). The molecule has 5 heteroatoms. The number of nitrogens with two attached hydrogens (primary N) is 1. The topological polar surface area (TPSA) is 61.5 Å². The molecule has 0 aliphatic carbocycles. The van der Waals surface area contributed by atoms with Crippen molar-refractivity contribution < 1.29 is 14.1 Å². The predicted molar refractivity (Wildman–Crippen MR) is 84.3 cm³/mol. The molecule has 0 radical (unpaired) electrons. The second-order valence-electron chi connectivity index (χ2n) is 6.65. The zero-order valence-electron chi connectivity index (χ0n) is 13.3. The standard InChI is InChI=1S/C16H24BNO3/c1-15(2)16(3,4)21-17(20-15)13-10-8-12(9-11-13)6-5-7-14(18)19/h8-11H,5-7H2,1-4H3,(H2,18,19). The summed E-state index contributed by atoms with van der Waals surface area (Å²) in [6, 6.07) is 8.17. The lowest BCUT2D eigenvalue weighted by molar-refractivity contribution is -0.118. The van der Waals surface area contributed by atoms with Crippen molar-refractivity contribution in [2.24, 2.45) is 5.73 Å². The minimum Gasteiger partial charge on any atom is -0.399 e. The number of amides is 1. The molecule has 0 unspecified atom stereocenters. The average molecular weight is 289 g/mol. The lowest BCUT2D eigenvalue weighted by atomic mass is 9.78. The molecule has 0 bridgehead atoms. The number of rotatable bonds is 5. The molecular formula is C16H24BNO3. The monoisotopic (exact) mass is 289 g/mol. The summed E-state index contributed by atoms with van der Waals surface area (Å²) in [5.41, 5.74) is 6.71. The summed E-state index contributed by atoms with van der Waals surface area (Å²) in [7, 11) is -0.324. The third-order valence-corrected chi connectivity index (χ3v) is 4.39. The van der Waals surface area contributed by atoms with E-state index >= 15 is 0 Å². The molecule has 21 heavy (non-hydrogen) atoms. The van der Waals surface area contributed by atoms with Crippen molar-refractivity contribution in [2.75, 3.05) is 0 Å². The van der Waals surface area contributed by atoms with Crippen LogP contribution in [0, 0.1) is 0 Å². The van der Waals surface area contributed by atoms with Gasteiger partial charge in [0.05, 0.1) is 11.2 Å². The van der Waals surface area contributed by atoms with Crippen LogP contribution in [0.2, 0.25) is 0 Å². The zero-order valence-corrected chi connectivity index (χ0v) is 13.3. The van der Waals surface area contributed by atoms with Crippen LogP contribution in [0.5, 0.6) is 0 Å². The molecule has 1 aromatic rings. The fraction of sp³-hybridized carbons (Fsp3) is 0.562. The van der Waals surface area contributed by atoms with Gasteiger partial charge < -0.3 is 15.0 Å². The largest absolute Gasteiger partial charge is 0.494 e. The molecule has 1 fully saturated rings. The summed E-state index contributed by atoms with van der Waals surface area (Å²) in [4.78, 5) is 10.7. The van der Waals surface area contributed by atoms with Gasteiger partial charge in [0.25, 0.3) is 0 Å². The minimum absolute atomic E-state index is 0.246. The Hall–Kier alpha value is -1.33. The van der Waals surface area contributed by atoms with E-state index in [4.69, 9.17) is 15.0 Å². The van der Waals surface area contributed by atoms with Crippen LogP contribution >= 0.6 is 0 Å². The lowest BCUT2D eigenvalue weighted by Crippen LogP contribution is -2.41. The van der Waals surface area contributed by atoms with Gasteiger partial charge in [-0.3, -0.25) is 4.79 Å². The molecular weight excluding hydrogens is 265 g/mol. The van der Waals surface area contributed by atoms with Crippen LogP contribution in [-0.2, 0) is 20.5 Å². The van der Waals surface area contributed by atoms with Crippen molar-refractivity contribution in [3.05, 3.63) is 29.8 Å². The molecule has 1 aromatic carbocycles. The predicted octanol–water partition coefficient (Wildman–Crippen LogP) is 1.79. The van der Waals surface area contributed by atoms with E-state index in [-0.39, 0.29) is 24.2 Å². The van der Waals surface area contributed by atoms with Gasteiger partial charge in [0.1, 0.15) is 0 Å². The van der Waals surface area contributed by atoms with Crippen LogP contribution in [0.25, 0.3) is 0 Å². The zero-order chi connectivity index (χ0) is 15.7. The Morgan fingerprint density at radius 3 is 2.10 bits per heavy atom. The Labute approximate surface area is 127 Å². The van der Waals surface area contributed by atoms with Gasteiger partial charge in [-0.1, -0.05) is 24.3 Å². The van der Waals surface area contributed by atoms with Crippen molar-refractivity contribution >= 4 is 18.5 Å². The molecule has 1 heterocycles. The highest BCUT2D eigenvalue weighted by molar-refractivity contribution is 6.62. The summed E-state index contributed by atoms with van der Waals surface area (Å²) in [6.07, 6.45) is 2.07. The first kappa shape index (κ1) is 16.1. The van der Waals surface area contributed by atoms with E-state index in [9.17, 15) is 4.79 Å². The van der Waals surface area contributed by atoms with Crippen LogP contribution in [0.3, 0.4) is 0 Å². The first-order valence-corrected chi connectivity index (χ1v) is 7.44. The molecule has 114 valence electrons. The Kier molecular flexibility index (Phi) is 4.44. The smallest absolute Gasteiger partial charge is 0.399 e. The number of aryl methyl sites for hydroxylation is 1. The van der Waals surface area contributed by atoms with Crippen LogP contribution < -0.4 is 11.2 Å². The molecule has 0 atom stereocenters. The quantitative estimate of drug-likeness (QED) is 0.841. The van der Waals surface area contributed by atoms with Crippen molar-refractivity contribution in [3.8, 4) is 0 Å². The molecule has 0 aromatic heterocycles. The number of carbonyl (C=O) groups is 1. The number of carbonyl (C=O) groups excluding carboxylic acids is 1. The van der Waals surface area contributed by atoms with Crippen LogP contribution in [-0.4, -0.2) is 24.2 Å². The minimum atomic E-state index is -0.324. The Morgan fingerprint density at radius 1 is 1.10 bits per heavy atom. The van der Waals surface area contributed by atoms with Crippen molar-refractivity contribution in [1.29, 1.82) is 0 Å². The molecule has 0 saturated carbocycles. The average Bonchev–Trinajstić information content (AvgIpc) is 2.59. The fourth-order valence-electron chi connectivity index (χ4n) is 2.29. The molecule has 1 saturated heterocycles. The van der Waals surface area contributed by atoms with Gasteiger partial charge >= 0.3 is 7.12 Å². The third-order valence-electron chi connectivity index (χ3n) is 4.39. The summed E-state index contributed by atoms with van der Waals surface area (Å²) >= 11 is 0. The molecule has 1 amide bonds. The number of hydrogen-bond donors (Lipinski definition) is 1. The fourth-order valence-corrected chi connectivity index (χ4v) is 2.29. The van der Waals surface area contributed by atoms with Crippen molar-refractivity contribution in [1.82, 2.24) is 0 Å². The normalized spacial score (nSPS) is 19.7. The third kappa shape index (κ3) is 3.66. The maximum absolute atomic E-state index is 10.7. The number of primary amides is 1. The van der Waals surface area contributed by atoms with E-state index in [1.807, 2.05) is 39.8 Å². The van der Waals surface area contributed by atoms with E-state index in [1.165, 1.54) is 5.56 Å². The Balaban J connectivity index is 1.99. The molecule has 0 spiro atoms. The summed E-state index contributed by atoms with van der Waals surface area (Å²) < 4.78 is 12.0. The van der Waals surface area contributed by atoms with Crippen LogP contribution in [0.4, 0.5) is 0 Å². The summed E-state index contributed by atoms with van der Waals surface area (Å²) in [5.74, 6) is -0.246. The number of hydrogen-bond acceptors (Lipinski definition) is 3. The van der Waals surface area contributed by atoms with E-state index < -0.39 is 0 Å². The highest BCUT2D eigenvalue weighted by atomic mass is 16.7. The number of benzene rings is 1. The summed E-state index contributed by atoms with van der Waals surface area (Å²) in [6.45, 7) is 8.19. The van der Waals surface area contributed by atoms with Gasteiger partial charge in [0, 0.05) is 6.42 Å². The van der Waals surface area contributed by atoms with Crippen LogP contribution in [0.1, 0.15) is 46.1 Å². The van der Waals surface area contributed by atoms with Crippen LogP contribution in [0.15, 0.2) is 24.3 Å². The van der Waals surface area contributed by atoms with Gasteiger partial charge in [0.15, 0.2) is 0 Å². The summed E-state index contributed by atoms with van der Waals surface area (Å²) in [5, 5.41) is 0.